The number of thioether (sulfide) groups is 1. The average Bonchev–Trinajstić information content (AvgIpc) is 3.03. The van der Waals surface area contributed by atoms with Crippen LogP contribution in [0.5, 0.6) is 0 Å². The summed E-state index contributed by atoms with van der Waals surface area (Å²) >= 11 is 7.22. The number of carbonyl (C=O) groups excluding carboxylic acids is 2. The fourth-order valence-electron chi connectivity index (χ4n) is 2.29. The fourth-order valence-corrected chi connectivity index (χ4v) is 2.81. The highest BCUT2D eigenvalue weighted by Crippen LogP contribution is 2.18. The van der Waals surface area contributed by atoms with E-state index >= 15 is 0 Å². The molecule has 0 saturated carbocycles. The number of H-pyrrole nitrogens is 1. The van der Waals surface area contributed by atoms with Gasteiger partial charge >= 0.3 is 0 Å². The van der Waals surface area contributed by atoms with Crippen molar-refractivity contribution < 1.29 is 9.59 Å². The highest BCUT2D eigenvalue weighted by molar-refractivity contribution is 7.98. The molecule has 2 amide bonds. The minimum absolute atomic E-state index is 0.00779. The van der Waals surface area contributed by atoms with Gasteiger partial charge in [-0.1, -0.05) is 41.6 Å². The molecular weight excluding hydrogens is 362 g/mol. The maximum Gasteiger partial charge on any atom is 0.289 e. The Morgan fingerprint density at radius 3 is 2.88 bits per heavy atom. The third kappa shape index (κ3) is 3.92. The third-order valence-corrected chi connectivity index (χ3v) is 4.30. The van der Waals surface area contributed by atoms with Crippen LogP contribution in [0.15, 0.2) is 41.8 Å². The molecule has 0 atom stereocenters. The molecule has 0 aliphatic carbocycles. The molecule has 0 spiro atoms. The van der Waals surface area contributed by atoms with Crippen molar-refractivity contribution in [1.29, 1.82) is 0 Å². The van der Waals surface area contributed by atoms with E-state index in [1.165, 1.54) is 18.0 Å². The summed E-state index contributed by atoms with van der Waals surface area (Å²) in [5.74, 6) is -0.955. The monoisotopic (exact) mass is 375 g/mol. The minimum atomic E-state index is -0.602. The van der Waals surface area contributed by atoms with Crippen LogP contribution in [0.25, 0.3) is 10.9 Å². The molecule has 3 N–H and O–H groups in total. The summed E-state index contributed by atoms with van der Waals surface area (Å²) in [5, 5.41) is 1.49. The van der Waals surface area contributed by atoms with Gasteiger partial charge in [0, 0.05) is 17.1 Å². The second-order valence-electron chi connectivity index (χ2n) is 5.09. The number of fused-ring (bicyclic) bond motifs is 1. The van der Waals surface area contributed by atoms with Gasteiger partial charge in [-0.25, -0.2) is 9.97 Å². The molecule has 0 bridgehead atoms. The van der Waals surface area contributed by atoms with Crippen molar-refractivity contribution in [3.05, 3.63) is 52.9 Å². The van der Waals surface area contributed by atoms with Gasteiger partial charge in [0.05, 0.1) is 17.6 Å². The molecule has 0 radical (unpaired) electrons. The van der Waals surface area contributed by atoms with Crippen LogP contribution in [-0.2, 0) is 11.2 Å². The van der Waals surface area contributed by atoms with Crippen molar-refractivity contribution in [2.75, 3.05) is 6.26 Å². The lowest BCUT2D eigenvalue weighted by Gasteiger charge is -2.08. The molecule has 2 heterocycles. The molecule has 0 aliphatic rings. The first-order valence-electron chi connectivity index (χ1n) is 7.29. The van der Waals surface area contributed by atoms with Crippen LogP contribution in [0, 0.1) is 0 Å². The van der Waals surface area contributed by atoms with Crippen LogP contribution in [-0.4, -0.2) is 33.0 Å². The van der Waals surface area contributed by atoms with E-state index in [1.54, 1.807) is 12.5 Å². The molecule has 25 heavy (non-hydrogen) atoms. The molecule has 9 heteroatoms. The quantitative estimate of drug-likeness (QED) is 0.369. The number of nitrogens with zero attached hydrogens (tertiary/aromatic N) is 2. The predicted octanol–water partition coefficient (Wildman–Crippen LogP) is 2.34. The SMILES string of the molecule is CSc1ncc(Cl)c(C(=O)NNC(=O)Cc2c[nH]c3ccccc23)n1. The number of hydrogen-bond donors (Lipinski definition) is 3. The molecule has 1 aromatic carbocycles. The van der Waals surface area contributed by atoms with Gasteiger partial charge in [-0.3, -0.25) is 20.4 Å². The average molecular weight is 376 g/mol. The van der Waals surface area contributed by atoms with E-state index in [-0.39, 0.29) is 23.0 Å². The van der Waals surface area contributed by atoms with Crippen molar-refractivity contribution in [3.63, 3.8) is 0 Å². The molecule has 0 fully saturated rings. The number of aromatic nitrogens is 3. The summed E-state index contributed by atoms with van der Waals surface area (Å²) in [6.45, 7) is 0. The van der Waals surface area contributed by atoms with Gasteiger partial charge in [-0.2, -0.15) is 0 Å². The summed E-state index contributed by atoms with van der Waals surface area (Å²) in [4.78, 5) is 35.3. The fraction of sp³-hybridized carbons (Fsp3) is 0.125. The van der Waals surface area contributed by atoms with Gasteiger partial charge in [-0.05, 0) is 17.9 Å². The highest BCUT2D eigenvalue weighted by atomic mass is 35.5. The summed E-state index contributed by atoms with van der Waals surface area (Å²) in [5.41, 5.74) is 6.49. The van der Waals surface area contributed by atoms with Gasteiger partial charge in [-0.15, -0.1) is 0 Å². The largest absolute Gasteiger partial charge is 0.361 e. The van der Waals surface area contributed by atoms with E-state index < -0.39 is 5.91 Å². The van der Waals surface area contributed by atoms with Gasteiger partial charge < -0.3 is 4.98 Å². The second-order valence-corrected chi connectivity index (χ2v) is 6.27. The predicted molar refractivity (Wildman–Crippen MR) is 96.4 cm³/mol. The van der Waals surface area contributed by atoms with Gasteiger partial charge in [0.1, 0.15) is 0 Å². The second kappa shape index (κ2) is 7.54. The molecular formula is C16H14ClN5O2S. The number of hydrazine groups is 1. The zero-order valence-electron chi connectivity index (χ0n) is 13.2. The number of amides is 2. The number of carbonyl (C=O) groups is 2. The topological polar surface area (TPSA) is 99.8 Å². The van der Waals surface area contributed by atoms with E-state index in [9.17, 15) is 9.59 Å². The Bertz CT molecular complexity index is 943. The first-order valence-corrected chi connectivity index (χ1v) is 8.89. The Balaban J connectivity index is 1.63. The smallest absolute Gasteiger partial charge is 0.289 e. The van der Waals surface area contributed by atoms with Crippen LogP contribution >= 0.6 is 23.4 Å². The van der Waals surface area contributed by atoms with Crippen molar-refractivity contribution in [2.24, 2.45) is 0 Å². The van der Waals surface area contributed by atoms with E-state index in [0.717, 1.165) is 16.5 Å². The summed E-state index contributed by atoms with van der Waals surface area (Å²) in [6.07, 6.45) is 5.03. The number of hydrogen-bond acceptors (Lipinski definition) is 5. The van der Waals surface area contributed by atoms with E-state index in [0.29, 0.717) is 5.16 Å². The van der Waals surface area contributed by atoms with E-state index in [2.05, 4.69) is 25.8 Å². The maximum atomic E-state index is 12.1. The van der Waals surface area contributed by atoms with E-state index in [1.807, 2.05) is 24.3 Å². The first-order chi connectivity index (χ1) is 12.1. The molecule has 0 aliphatic heterocycles. The summed E-state index contributed by atoms with van der Waals surface area (Å²) < 4.78 is 0. The summed E-state index contributed by atoms with van der Waals surface area (Å²) in [6, 6.07) is 7.67. The van der Waals surface area contributed by atoms with Crippen LogP contribution in [0.1, 0.15) is 16.1 Å². The molecule has 128 valence electrons. The van der Waals surface area contributed by atoms with Crippen molar-refractivity contribution in [2.45, 2.75) is 11.6 Å². The van der Waals surface area contributed by atoms with Gasteiger partial charge in [0.25, 0.3) is 5.91 Å². The number of halogens is 1. The van der Waals surface area contributed by atoms with Gasteiger partial charge in [0.15, 0.2) is 10.9 Å². The lowest BCUT2D eigenvalue weighted by Crippen LogP contribution is -2.42. The molecule has 3 aromatic rings. The van der Waals surface area contributed by atoms with Crippen molar-refractivity contribution in [1.82, 2.24) is 25.8 Å². The number of benzene rings is 1. The zero-order valence-corrected chi connectivity index (χ0v) is 14.7. The van der Waals surface area contributed by atoms with Crippen LogP contribution in [0.2, 0.25) is 5.02 Å². The highest BCUT2D eigenvalue weighted by Gasteiger charge is 2.15. The van der Waals surface area contributed by atoms with Crippen LogP contribution < -0.4 is 10.9 Å². The molecule has 0 unspecified atom stereocenters. The van der Waals surface area contributed by atoms with Crippen molar-refractivity contribution >= 4 is 46.1 Å². The number of para-hydroxylation sites is 1. The molecule has 0 saturated heterocycles. The Hall–Kier alpha value is -2.58. The number of rotatable bonds is 4. The molecule has 3 rings (SSSR count). The lowest BCUT2D eigenvalue weighted by molar-refractivity contribution is -0.121. The minimum Gasteiger partial charge on any atom is -0.361 e. The molecule has 7 nitrogen and oxygen atoms in total. The number of nitrogens with one attached hydrogen (secondary N) is 3. The van der Waals surface area contributed by atoms with Crippen molar-refractivity contribution in [3.8, 4) is 0 Å². The Kier molecular flexibility index (Phi) is 5.20. The van der Waals surface area contributed by atoms with Crippen LogP contribution in [0.4, 0.5) is 0 Å². The van der Waals surface area contributed by atoms with Crippen LogP contribution in [0.3, 0.4) is 0 Å². The number of aromatic amines is 1. The first kappa shape index (κ1) is 17.2. The maximum absolute atomic E-state index is 12.1. The van der Waals surface area contributed by atoms with E-state index in [4.69, 9.17) is 11.6 Å². The Labute approximate surface area is 152 Å². The zero-order chi connectivity index (χ0) is 17.8. The lowest BCUT2D eigenvalue weighted by atomic mass is 10.1. The standard InChI is InChI=1S/C16H14ClN5O2S/c1-25-16-19-8-11(17)14(20-16)15(24)22-21-13(23)6-9-7-18-12-5-3-2-4-10(9)12/h2-5,7-8,18H,6H2,1H3,(H,21,23)(H,22,24). The third-order valence-electron chi connectivity index (χ3n) is 3.46. The molecule has 2 aromatic heterocycles. The van der Waals surface area contributed by atoms with Gasteiger partial charge in [0.2, 0.25) is 5.91 Å². The normalized spacial score (nSPS) is 10.6. The Morgan fingerprint density at radius 2 is 2.08 bits per heavy atom. The summed E-state index contributed by atoms with van der Waals surface area (Å²) in [7, 11) is 0. The Morgan fingerprint density at radius 1 is 1.28 bits per heavy atom.